The number of nitrogens with one attached hydrogen (secondary N) is 1. The second kappa shape index (κ2) is 7.26. The van der Waals surface area contributed by atoms with Crippen LogP contribution in [0.4, 0.5) is 8.78 Å². The molecule has 146 valence electrons. The molecule has 28 heavy (non-hydrogen) atoms. The van der Waals surface area contributed by atoms with Crippen molar-refractivity contribution in [2.24, 2.45) is 0 Å². The zero-order valence-corrected chi connectivity index (χ0v) is 15.4. The average Bonchev–Trinajstić information content (AvgIpc) is 2.91. The van der Waals surface area contributed by atoms with Crippen molar-refractivity contribution in [2.45, 2.75) is 50.7 Å². The molecule has 2 aromatic rings. The van der Waals surface area contributed by atoms with Crippen molar-refractivity contribution in [3.63, 3.8) is 0 Å². The van der Waals surface area contributed by atoms with Crippen molar-refractivity contribution in [1.82, 2.24) is 20.2 Å². The highest BCUT2D eigenvalue weighted by molar-refractivity contribution is 5.95. The summed E-state index contributed by atoms with van der Waals surface area (Å²) < 4.78 is 27.0. The SMILES string of the molecule is Cc1cnc(C(=O)NC2CC3CCC(C2)N3C(=O)c2cc(F)cc(F)c2)cn1. The first kappa shape index (κ1) is 18.5. The predicted octanol–water partition coefficient (Wildman–Crippen LogP) is 2.63. The van der Waals surface area contributed by atoms with Gasteiger partial charge in [-0.25, -0.2) is 13.8 Å². The molecule has 2 saturated heterocycles. The van der Waals surface area contributed by atoms with Gasteiger partial charge in [0.2, 0.25) is 0 Å². The van der Waals surface area contributed by atoms with Crippen LogP contribution in [-0.2, 0) is 0 Å². The van der Waals surface area contributed by atoms with E-state index in [2.05, 4.69) is 15.3 Å². The Balaban J connectivity index is 1.45. The number of benzene rings is 1. The lowest BCUT2D eigenvalue weighted by Crippen LogP contribution is -2.52. The van der Waals surface area contributed by atoms with Crippen LogP contribution in [0.2, 0.25) is 0 Å². The molecule has 2 atom stereocenters. The molecule has 1 aromatic carbocycles. The molecule has 2 aliphatic heterocycles. The van der Waals surface area contributed by atoms with E-state index < -0.39 is 11.6 Å². The Hall–Kier alpha value is -2.90. The van der Waals surface area contributed by atoms with Crippen molar-refractivity contribution in [3.05, 3.63) is 59.2 Å². The van der Waals surface area contributed by atoms with E-state index in [-0.39, 0.29) is 41.2 Å². The summed E-state index contributed by atoms with van der Waals surface area (Å²) in [6.07, 6.45) is 5.81. The summed E-state index contributed by atoms with van der Waals surface area (Å²) in [4.78, 5) is 35.1. The van der Waals surface area contributed by atoms with Crippen molar-refractivity contribution >= 4 is 11.8 Å². The van der Waals surface area contributed by atoms with Gasteiger partial charge < -0.3 is 10.2 Å². The van der Waals surface area contributed by atoms with Crippen LogP contribution in [0.25, 0.3) is 0 Å². The maximum absolute atomic E-state index is 13.5. The summed E-state index contributed by atoms with van der Waals surface area (Å²) in [5.74, 6) is -2.18. The minimum atomic E-state index is -0.767. The topological polar surface area (TPSA) is 75.2 Å². The normalized spacial score (nSPS) is 23.5. The number of amides is 2. The summed E-state index contributed by atoms with van der Waals surface area (Å²) in [5, 5.41) is 2.97. The summed E-state index contributed by atoms with van der Waals surface area (Å²) in [5.41, 5.74) is 1.01. The van der Waals surface area contributed by atoms with E-state index in [1.807, 2.05) is 0 Å². The number of aryl methyl sites for hydroxylation is 1. The Morgan fingerprint density at radius 2 is 1.68 bits per heavy atom. The van der Waals surface area contributed by atoms with Gasteiger partial charge in [0.1, 0.15) is 17.3 Å². The molecule has 2 amide bonds. The Labute approximate surface area is 161 Å². The standard InChI is InChI=1S/C20H20F2N4O2/c1-11-9-24-18(10-23-11)19(27)25-15-7-16-2-3-17(8-15)26(16)20(28)12-4-13(21)6-14(22)5-12/h4-6,9-10,15-17H,2-3,7-8H2,1H3,(H,25,27). The molecule has 8 heteroatoms. The number of carbonyl (C=O) groups is 2. The zero-order valence-electron chi connectivity index (χ0n) is 15.4. The number of nitrogens with zero attached hydrogens (tertiary/aromatic N) is 3. The highest BCUT2D eigenvalue weighted by atomic mass is 19.1. The Morgan fingerprint density at radius 1 is 1.04 bits per heavy atom. The molecular weight excluding hydrogens is 366 g/mol. The van der Waals surface area contributed by atoms with Crippen molar-refractivity contribution in [3.8, 4) is 0 Å². The molecule has 2 fully saturated rings. The maximum Gasteiger partial charge on any atom is 0.271 e. The van der Waals surface area contributed by atoms with Gasteiger partial charge in [0.25, 0.3) is 11.8 Å². The number of aromatic nitrogens is 2. The quantitative estimate of drug-likeness (QED) is 0.880. The van der Waals surface area contributed by atoms with Gasteiger partial charge in [-0.3, -0.25) is 14.6 Å². The van der Waals surface area contributed by atoms with Crippen LogP contribution in [-0.4, -0.2) is 44.8 Å². The van der Waals surface area contributed by atoms with Gasteiger partial charge in [-0.1, -0.05) is 0 Å². The fraction of sp³-hybridized carbons (Fsp3) is 0.400. The average molecular weight is 386 g/mol. The minimum Gasteiger partial charge on any atom is -0.348 e. The molecule has 4 rings (SSSR count). The zero-order chi connectivity index (χ0) is 19.8. The Bertz CT molecular complexity index is 885. The fourth-order valence-electron chi connectivity index (χ4n) is 4.22. The molecule has 6 nitrogen and oxygen atoms in total. The second-order valence-electron chi connectivity index (χ2n) is 7.44. The van der Waals surface area contributed by atoms with Crippen LogP contribution < -0.4 is 5.32 Å². The molecule has 1 aromatic heterocycles. The summed E-state index contributed by atoms with van der Waals surface area (Å²) >= 11 is 0. The number of fused-ring (bicyclic) bond motifs is 2. The third kappa shape index (κ3) is 3.58. The molecule has 2 aliphatic rings. The third-order valence-corrected chi connectivity index (χ3v) is 5.43. The Morgan fingerprint density at radius 3 is 2.25 bits per heavy atom. The smallest absolute Gasteiger partial charge is 0.271 e. The van der Waals surface area contributed by atoms with Gasteiger partial charge in [0.15, 0.2) is 0 Å². The highest BCUT2D eigenvalue weighted by Gasteiger charge is 2.44. The first-order valence-corrected chi connectivity index (χ1v) is 9.29. The van der Waals surface area contributed by atoms with Crippen molar-refractivity contribution in [1.29, 1.82) is 0 Å². The number of hydrogen-bond acceptors (Lipinski definition) is 4. The van der Waals surface area contributed by atoms with Crippen LogP contribution in [0.5, 0.6) is 0 Å². The molecule has 2 bridgehead atoms. The van der Waals surface area contributed by atoms with E-state index in [0.29, 0.717) is 12.8 Å². The highest BCUT2D eigenvalue weighted by Crippen LogP contribution is 2.37. The number of halogens is 2. The molecule has 0 saturated carbocycles. The summed E-state index contributed by atoms with van der Waals surface area (Å²) in [6, 6.07) is 2.67. The molecule has 0 radical (unpaired) electrons. The van der Waals surface area contributed by atoms with E-state index in [0.717, 1.165) is 36.7 Å². The number of piperidine rings is 1. The molecular formula is C20H20F2N4O2. The minimum absolute atomic E-state index is 0.0202. The van der Waals surface area contributed by atoms with Crippen molar-refractivity contribution in [2.75, 3.05) is 0 Å². The van der Waals surface area contributed by atoms with Crippen molar-refractivity contribution < 1.29 is 18.4 Å². The summed E-state index contributed by atoms with van der Waals surface area (Å²) in [7, 11) is 0. The monoisotopic (exact) mass is 386 g/mol. The Kier molecular flexibility index (Phi) is 4.78. The molecule has 0 aliphatic carbocycles. The van der Waals surface area contributed by atoms with Crippen LogP contribution >= 0.6 is 0 Å². The largest absolute Gasteiger partial charge is 0.348 e. The summed E-state index contributed by atoms with van der Waals surface area (Å²) in [6.45, 7) is 1.80. The van der Waals surface area contributed by atoms with Crippen LogP contribution in [0.3, 0.4) is 0 Å². The lowest BCUT2D eigenvalue weighted by atomic mass is 9.96. The maximum atomic E-state index is 13.5. The van der Waals surface area contributed by atoms with Gasteiger partial charge in [0, 0.05) is 36.0 Å². The van der Waals surface area contributed by atoms with Crippen LogP contribution in [0.15, 0.2) is 30.6 Å². The van der Waals surface area contributed by atoms with E-state index in [1.165, 1.54) is 12.4 Å². The first-order chi connectivity index (χ1) is 13.4. The van der Waals surface area contributed by atoms with E-state index >= 15 is 0 Å². The second-order valence-corrected chi connectivity index (χ2v) is 7.44. The first-order valence-electron chi connectivity index (χ1n) is 9.29. The van der Waals surface area contributed by atoms with E-state index in [9.17, 15) is 18.4 Å². The van der Waals surface area contributed by atoms with E-state index in [1.54, 1.807) is 11.8 Å². The van der Waals surface area contributed by atoms with E-state index in [4.69, 9.17) is 0 Å². The lowest BCUT2D eigenvalue weighted by Gasteiger charge is -2.39. The third-order valence-electron chi connectivity index (χ3n) is 5.43. The number of hydrogen-bond donors (Lipinski definition) is 1. The number of rotatable bonds is 3. The van der Waals surface area contributed by atoms with Crippen LogP contribution in [0, 0.1) is 18.6 Å². The van der Waals surface area contributed by atoms with Gasteiger partial charge in [-0.15, -0.1) is 0 Å². The molecule has 1 N–H and O–H groups in total. The number of carbonyl (C=O) groups excluding carboxylic acids is 2. The molecule has 0 spiro atoms. The molecule has 2 unspecified atom stereocenters. The lowest BCUT2D eigenvalue weighted by molar-refractivity contribution is 0.0548. The fourth-order valence-corrected chi connectivity index (χ4v) is 4.22. The predicted molar refractivity (Wildman–Crippen MR) is 96.6 cm³/mol. The van der Waals surface area contributed by atoms with Gasteiger partial charge in [0.05, 0.1) is 11.9 Å². The van der Waals surface area contributed by atoms with Gasteiger partial charge >= 0.3 is 0 Å². The van der Waals surface area contributed by atoms with Gasteiger partial charge in [-0.2, -0.15) is 0 Å². The van der Waals surface area contributed by atoms with Gasteiger partial charge in [-0.05, 0) is 44.7 Å². The van der Waals surface area contributed by atoms with Crippen LogP contribution in [0.1, 0.15) is 52.2 Å². The molecule has 3 heterocycles.